The molecule has 29 heavy (non-hydrogen) atoms. The van der Waals surface area contributed by atoms with Gasteiger partial charge in [0.1, 0.15) is 0 Å². The van der Waals surface area contributed by atoms with Crippen LogP contribution >= 0.6 is 11.6 Å². The minimum Gasteiger partial charge on any atom is -0.354 e. The van der Waals surface area contributed by atoms with E-state index in [9.17, 15) is 9.59 Å². The molecule has 2 heterocycles. The lowest BCUT2D eigenvalue weighted by Gasteiger charge is -2.28. The molecule has 2 aromatic carbocycles. The number of rotatable bonds is 6. The van der Waals surface area contributed by atoms with Crippen molar-refractivity contribution in [2.24, 2.45) is 5.92 Å². The van der Waals surface area contributed by atoms with Crippen LogP contribution in [0.4, 0.5) is 5.69 Å². The molecule has 0 spiro atoms. The van der Waals surface area contributed by atoms with E-state index in [0.29, 0.717) is 23.8 Å². The van der Waals surface area contributed by atoms with E-state index in [2.05, 4.69) is 22.3 Å². The summed E-state index contributed by atoms with van der Waals surface area (Å²) < 4.78 is 0. The summed E-state index contributed by atoms with van der Waals surface area (Å²) in [7, 11) is 0. The van der Waals surface area contributed by atoms with Gasteiger partial charge < -0.3 is 10.2 Å². The lowest BCUT2D eigenvalue weighted by Crippen LogP contribution is -2.40. The molecule has 2 saturated heterocycles. The maximum Gasteiger partial charge on any atom is 0.227 e. The molecule has 0 aliphatic carbocycles. The zero-order valence-electron chi connectivity index (χ0n) is 16.4. The Balaban J connectivity index is 1.41. The first kappa shape index (κ1) is 19.9. The van der Waals surface area contributed by atoms with E-state index in [-0.39, 0.29) is 30.2 Å². The zero-order chi connectivity index (χ0) is 20.2. The van der Waals surface area contributed by atoms with E-state index >= 15 is 0 Å². The molecule has 0 aromatic heterocycles. The first-order chi connectivity index (χ1) is 14.1. The van der Waals surface area contributed by atoms with Gasteiger partial charge in [0, 0.05) is 19.5 Å². The van der Waals surface area contributed by atoms with Crippen LogP contribution in [0.3, 0.4) is 0 Å². The standard InChI is InChI=1S/C23H26ClN3O2/c24-19-10-4-5-11-20(19)27-16-18(14-22(27)28)23(29)25-15-21(26-12-6-7-13-26)17-8-2-1-3-9-17/h1-5,8-11,18,21H,6-7,12-16H2,(H,25,29)/t18-,21+/m1/s1. The van der Waals surface area contributed by atoms with E-state index in [1.54, 1.807) is 11.0 Å². The molecule has 2 aromatic rings. The van der Waals surface area contributed by atoms with Gasteiger partial charge in [-0.05, 0) is 43.6 Å². The number of carbonyl (C=O) groups excluding carboxylic acids is 2. The molecule has 2 aliphatic rings. The van der Waals surface area contributed by atoms with Crippen LogP contribution < -0.4 is 10.2 Å². The Labute approximate surface area is 176 Å². The first-order valence-corrected chi connectivity index (χ1v) is 10.6. The van der Waals surface area contributed by atoms with E-state index in [1.165, 1.54) is 18.4 Å². The summed E-state index contributed by atoms with van der Waals surface area (Å²) in [5, 5.41) is 3.64. The summed E-state index contributed by atoms with van der Waals surface area (Å²) in [6.07, 6.45) is 2.61. The molecule has 2 atom stereocenters. The smallest absolute Gasteiger partial charge is 0.227 e. The van der Waals surface area contributed by atoms with Gasteiger partial charge in [0.05, 0.1) is 22.7 Å². The average Bonchev–Trinajstić information content (AvgIpc) is 3.39. The molecule has 0 unspecified atom stereocenters. The van der Waals surface area contributed by atoms with Gasteiger partial charge in [-0.2, -0.15) is 0 Å². The van der Waals surface area contributed by atoms with Crippen molar-refractivity contribution in [1.29, 1.82) is 0 Å². The highest BCUT2D eigenvalue weighted by atomic mass is 35.5. The SMILES string of the molecule is O=C(NC[C@@H](c1ccccc1)N1CCCC1)[C@@H]1CC(=O)N(c2ccccc2Cl)C1. The van der Waals surface area contributed by atoms with Gasteiger partial charge in [0.25, 0.3) is 0 Å². The summed E-state index contributed by atoms with van der Waals surface area (Å²) in [4.78, 5) is 29.4. The zero-order valence-corrected chi connectivity index (χ0v) is 17.1. The molecule has 0 bridgehead atoms. The minimum absolute atomic E-state index is 0.0580. The highest BCUT2D eigenvalue weighted by Crippen LogP contribution is 2.31. The van der Waals surface area contributed by atoms with Crippen molar-refractivity contribution in [1.82, 2.24) is 10.2 Å². The van der Waals surface area contributed by atoms with Crippen molar-refractivity contribution in [3.05, 3.63) is 65.2 Å². The van der Waals surface area contributed by atoms with E-state index in [0.717, 1.165) is 13.1 Å². The van der Waals surface area contributed by atoms with Crippen LogP contribution in [0.15, 0.2) is 54.6 Å². The molecule has 152 valence electrons. The second kappa shape index (κ2) is 8.97. The molecule has 0 saturated carbocycles. The second-order valence-electron chi connectivity index (χ2n) is 7.77. The summed E-state index contributed by atoms with van der Waals surface area (Å²) in [6.45, 7) is 3.03. The summed E-state index contributed by atoms with van der Waals surface area (Å²) in [6, 6.07) is 17.8. The predicted octanol–water partition coefficient (Wildman–Crippen LogP) is 3.65. The molecule has 2 aliphatic heterocycles. The Morgan fingerprint density at radius 1 is 1.07 bits per heavy atom. The molecule has 6 heteroatoms. The number of likely N-dealkylation sites (tertiary alicyclic amines) is 1. The van der Waals surface area contributed by atoms with E-state index in [4.69, 9.17) is 11.6 Å². The third-order valence-electron chi connectivity index (χ3n) is 5.87. The van der Waals surface area contributed by atoms with Crippen molar-refractivity contribution < 1.29 is 9.59 Å². The van der Waals surface area contributed by atoms with Crippen LogP contribution in [-0.2, 0) is 9.59 Å². The van der Waals surface area contributed by atoms with Gasteiger partial charge in [-0.1, -0.05) is 54.1 Å². The highest BCUT2D eigenvalue weighted by Gasteiger charge is 2.36. The molecular weight excluding hydrogens is 386 g/mol. The summed E-state index contributed by atoms with van der Waals surface area (Å²) in [5.74, 6) is -0.473. The third kappa shape index (κ3) is 4.46. The van der Waals surface area contributed by atoms with Crippen LogP contribution in [0, 0.1) is 5.92 Å². The van der Waals surface area contributed by atoms with Crippen molar-refractivity contribution in [3.8, 4) is 0 Å². The van der Waals surface area contributed by atoms with E-state index < -0.39 is 0 Å². The number of anilines is 1. The quantitative estimate of drug-likeness (QED) is 0.789. The Bertz CT molecular complexity index is 867. The van der Waals surface area contributed by atoms with Crippen LogP contribution in [0.5, 0.6) is 0 Å². The van der Waals surface area contributed by atoms with Gasteiger partial charge >= 0.3 is 0 Å². The molecular formula is C23H26ClN3O2. The molecule has 5 nitrogen and oxygen atoms in total. The normalized spacial score (nSPS) is 20.8. The van der Waals surface area contributed by atoms with Gasteiger partial charge in [0.2, 0.25) is 11.8 Å². The monoisotopic (exact) mass is 411 g/mol. The molecule has 2 fully saturated rings. The topological polar surface area (TPSA) is 52.7 Å². The Morgan fingerprint density at radius 3 is 2.48 bits per heavy atom. The lowest BCUT2D eigenvalue weighted by molar-refractivity contribution is -0.126. The lowest BCUT2D eigenvalue weighted by atomic mass is 10.0. The first-order valence-electron chi connectivity index (χ1n) is 10.2. The molecule has 2 amide bonds. The minimum atomic E-state index is -0.353. The van der Waals surface area contributed by atoms with Crippen LogP contribution in [0.25, 0.3) is 0 Å². The van der Waals surface area contributed by atoms with Gasteiger partial charge in [-0.15, -0.1) is 0 Å². The number of benzene rings is 2. The number of nitrogens with zero attached hydrogens (tertiary/aromatic N) is 2. The predicted molar refractivity (Wildman–Crippen MR) is 115 cm³/mol. The maximum absolute atomic E-state index is 12.9. The fourth-order valence-corrected chi connectivity index (χ4v) is 4.55. The number of amides is 2. The van der Waals surface area contributed by atoms with Crippen LogP contribution in [0.1, 0.15) is 30.9 Å². The largest absolute Gasteiger partial charge is 0.354 e. The summed E-state index contributed by atoms with van der Waals surface area (Å²) >= 11 is 6.24. The number of para-hydroxylation sites is 1. The fourth-order valence-electron chi connectivity index (χ4n) is 4.31. The second-order valence-corrected chi connectivity index (χ2v) is 8.18. The number of hydrogen-bond acceptors (Lipinski definition) is 3. The average molecular weight is 412 g/mol. The van der Waals surface area contributed by atoms with Gasteiger partial charge in [-0.25, -0.2) is 0 Å². The van der Waals surface area contributed by atoms with Crippen molar-refractivity contribution in [2.45, 2.75) is 25.3 Å². The van der Waals surface area contributed by atoms with Crippen molar-refractivity contribution >= 4 is 29.1 Å². The number of hydrogen-bond donors (Lipinski definition) is 1. The van der Waals surface area contributed by atoms with E-state index in [1.807, 2.05) is 36.4 Å². The van der Waals surface area contributed by atoms with Crippen molar-refractivity contribution in [3.63, 3.8) is 0 Å². The molecule has 1 N–H and O–H groups in total. The maximum atomic E-state index is 12.9. The highest BCUT2D eigenvalue weighted by molar-refractivity contribution is 6.33. The summed E-state index contributed by atoms with van der Waals surface area (Å²) in [5.41, 5.74) is 1.89. The van der Waals surface area contributed by atoms with Gasteiger partial charge in [-0.3, -0.25) is 14.5 Å². The molecule has 0 radical (unpaired) electrons. The third-order valence-corrected chi connectivity index (χ3v) is 6.19. The Hall–Kier alpha value is -2.37. The van der Waals surface area contributed by atoms with Crippen LogP contribution in [-0.4, -0.2) is 42.9 Å². The Kier molecular flexibility index (Phi) is 6.16. The molecule has 4 rings (SSSR count). The number of nitrogens with one attached hydrogen (secondary N) is 1. The van der Waals surface area contributed by atoms with Gasteiger partial charge in [0.15, 0.2) is 0 Å². The number of carbonyl (C=O) groups is 2. The number of halogens is 1. The Morgan fingerprint density at radius 2 is 1.76 bits per heavy atom. The fraction of sp³-hybridized carbons (Fsp3) is 0.391. The van der Waals surface area contributed by atoms with Crippen LogP contribution in [0.2, 0.25) is 5.02 Å². The van der Waals surface area contributed by atoms with Crippen molar-refractivity contribution in [2.75, 3.05) is 31.1 Å².